The summed E-state index contributed by atoms with van der Waals surface area (Å²) in [6.07, 6.45) is 7.44. The normalized spacial score (nSPS) is 19.6. The molecule has 0 aliphatic carbocycles. The summed E-state index contributed by atoms with van der Waals surface area (Å²) >= 11 is 12.3. The van der Waals surface area contributed by atoms with Crippen molar-refractivity contribution in [3.05, 3.63) is 75.1 Å². The highest BCUT2D eigenvalue weighted by Crippen LogP contribution is 2.36. The molecule has 6 nitrogen and oxygen atoms in total. The van der Waals surface area contributed by atoms with Crippen molar-refractivity contribution in [2.75, 3.05) is 33.0 Å². The maximum Gasteiger partial charge on any atom is 0.254 e. The van der Waals surface area contributed by atoms with Crippen LogP contribution in [0.1, 0.15) is 35.2 Å². The molecule has 0 spiro atoms. The van der Waals surface area contributed by atoms with Crippen LogP contribution in [0.5, 0.6) is 17.2 Å². The molecule has 4 rings (SSSR count). The molecule has 2 heterocycles. The van der Waals surface area contributed by atoms with E-state index in [9.17, 15) is 9.18 Å². The Bertz CT molecular complexity index is 1270. The molecule has 2 aliphatic rings. The number of hydrogen-bond acceptors (Lipinski definition) is 5. The zero-order valence-corrected chi connectivity index (χ0v) is 21.8. The van der Waals surface area contributed by atoms with Crippen LogP contribution in [0.25, 0.3) is 0 Å². The van der Waals surface area contributed by atoms with E-state index in [0.29, 0.717) is 34.5 Å². The Balaban J connectivity index is 1.46. The molecule has 2 N–H and O–H groups in total. The minimum atomic E-state index is -0.610. The Labute approximate surface area is 225 Å². The molecule has 2 atom stereocenters. The Hall–Kier alpha value is -3.18. The first kappa shape index (κ1) is 26.9. The lowest BCUT2D eigenvalue weighted by Gasteiger charge is -2.32. The van der Waals surface area contributed by atoms with Gasteiger partial charge in [-0.1, -0.05) is 35.2 Å². The number of rotatable bonds is 8. The number of fused-ring (bicyclic) bond motifs is 1. The third kappa shape index (κ3) is 6.58. The second-order valence-corrected chi connectivity index (χ2v) is 9.75. The molecule has 194 valence electrons. The molecule has 0 saturated carbocycles. The molecule has 9 heteroatoms. The Morgan fingerprint density at radius 1 is 1.27 bits per heavy atom. The quantitative estimate of drug-likeness (QED) is 0.347. The number of hydrogen-bond donors (Lipinski definition) is 2. The van der Waals surface area contributed by atoms with Gasteiger partial charge in [-0.15, -0.1) is 6.42 Å². The lowest BCUT2D eigenvalue weighted by molar-refractivity contribution is 0.0953. The molecule has 2 aromatic carbocycles. The van der Waals surface area contributed by atoms with Crippen molar-refractivity contribution in [2.45, 2.75) is 19.3 Å². The van der Waals surface area contributed by atoms with Crippen molar-refractivity contribution < 1.29 is 23.4 Å². The lowest BCUT2D eigenvalue weighted by Crippen LogP contribution is -2.38. The van der Waals surface area contributed by atoms with E-state index >= 15 is 0 Å². The summed E-state index contributed by atoms with van der Waals surface area (Å²) in [5, 5.41) is 6.71. The van der Waals surface area contributed by atoms with Gasteiger partial charge < -0.3 is 24.8 Å². The van der Waals surface area contributed by atoms with E-state index in [1.54, 1.807) is 19.1 Å². The zero-order chi connectivity index (χ0) is 26.4. The van der Waals surface area contributed by atoms with Crippen molar-refractivity contribution in [1.82, 2.24) is 10.6 Å². The predicted molar refractivity (Wildman–Crippen MR) is 142 cm³/mol. The summed E-state index contributed by atoms with van der Waals surface area (Å²) in [6, 6.07) is 10.2. The second-order valence-electron chi connectivity index (χ2n) is 8.78. The molecule has 0 aromatic heterocycles. The number of allylic oxidation sites excluding steroid dienone is 2. The smallest absolute Gasteiger partial charge is 0.254 e. The first-order valence-electron chi connectivity index (χ1n) is 11.9. The molecule has 2 aromatic rings. The van der Waals surface area contributed by atoms with Gasteiger partial charge in [0.05, 0.1) is 17.2 Å². The fourth-order valence-electron chi connectivity index (χ4n) is 4.45. The van der Waals surface area contributed by atoms with Crippen molar-refractivity contribution in [3.8, 4) is 29.6 Å². The standard InChI is InChI=1S/C28H27Cl2FN2O4/c1-3-4-24(30)23(17(2)29)14-33-28(34)22-11-18(5-7-25(22)31)21-9-10-32-13-19(21)15-35-20-6-8-26-27(12-20)37-16-36-26/h1,4-8,11-12,19,21,32H,9-10,13-16H2,2H3,(H,33,34)/b23-17+,24-4+/t19-,21-/m0/s1. The van der Waals surface area contributed by atoms with Crippen molar-refractivity contribution in [1.29, 1.82) is 0 Å². The molecule has 1 fully saturated rings. The lowest BCUT2D eigenvalue weighted by atomic mass is 9.81. The van der Waals surface area contributed by atoms with Crippen molar-refractivity contribution >= 4 is 29.1 Å². The average Bonchev–Trinajstić information content (AvgIpc) is 3.36. The largest absolute Gasteiger partial charge is 0.493 e. The molecular formula is C28H27Cl2FN2O4. The summed E-state index contributed by atoms with van der Waals surface area (Å²) in [4.78, 5) is 12.9. The SMILES string of the molecule is C#C/C=C(Cl)\C(CNC(=O)c1cc([C@@H]2CCNC[C@H]2COc2ccc3c(c2)OCO3)ccc1F)=C(/C)Cl. The number of halogens is 3. The third-order valence-electron chi connectivity index (χ3n) is 6.42. The average molecular weight is 545 g/mol. The van der Waals surface area contributed by atoms with Crippen LogP contribution in [-0.4, -0.2) is 38.9 Å². The van der Waals surface area contributed by atoms with Gasteiger partial charge in [-0.05, 0) is 55.6 Å². The topological polar surface area (TPSA) is 68.8 Å². The highest BCUT2D eigenvalue weighted by Gasteiger charge is 2.28. The molecule has 0 unspecified atom stereocenters. The monoisotopic (exact) mass is 544 g/mol. The number of carbonyl (C=O) groups is 1. The Kier molecular flexibility index (Phi) is 8.99. The third-order valence-corrected chi connectivity index (χ3v) is 6.98. The minimum Gasteiger partial charge on any atom is -0.493 e. The van der Waals surface area contributed by atoms with Gasteiger partial charge in [-0.2, -0.15) is 0 Å². The fourth-order valence-corrected chi connectivity index (χ4v) is 4.94. The van der Waals surface area contributed by atoms with Crippen LogP contribution in [-0.2, 0) is 0 Å². The maximum absolute atomic E-state index is 14.7. The number of piperidine rings is 1. The van der Waals surface area contributed by atoms with Gasteiger partial charge in [0, 0.05) is 41.8 Å². The van der Waals surface area contributed by atoms with Gasteiger partial charge in [-0.3, -0.25) is 4.79 Å². The van der Waals surface area contributed by atoms with Crippen LogP contribution in [0.3, 0.4) is 0 Å². The summed E-state index contributed by atoms with van der Waals surface area (Å²) in [5.74, 6) is 3.37. The predicted octanol–water partition coefficient (Wildman–Crippen LogP) is 5.33. The van der Waals surface area contributed by atoms with E-state index in [0.717, 1.165) is 25.1 Å². The number of ether oxygens (including phenoxy) is 3. The van der Waals surface area contributed by atoms with E-state index < -0.39 is 11.7 Å². The van der Waals surface area contributed by atoms with Crippen molar-refractivity contribution in [3.63, 3.8) is 0 Å². The number of amides is 1. The molecule has 1 saturated heterocycles. The first-order chi connectivity index (χ1) is 17.9. The molecule has 2 aliphatic heterocycles. The van der Waals surface area contributed by atoms with Crippen molar-refractivity contribution in [2.24, 2.45) is 5.92 Å². The summed E-state index contributed by atoms with van der Waals surface area (Å²) < 4.78 is 31.6. The van der Waals surface area contributed by atoms with Gasteiger partial charge in [0.15, 0.2) is 11.5 Å². The van der Waals surface area contributed by atoms with E-state index in [-0.39, 0.29) is 35.8 Å². The van der Waals surface area contributed by atoms with Crippen LogP contribution >= 0.6 is 23.2 Å². The summed E-state index contributed by atoms with van der Waals surface area (Å²) in [6.45, 7) is 3.84. The first-order valence-corrected chi connectivity index (χ1v) is 12.6. The number of benzene rings is 2. The van der Waals surface area contributed by atoms with Crippen LogP contribution < -0.4 is 24.8 Å². The molecule has 37 heavy (non-hydrogen) atoms. The minimum absolute atomic E-state index is 0.00813. The fraction of sp³-hybridized carbons (Fsp3) is 0.321. The van der Waals surface area contributed by atoms with E-state index in [1.807, 2.05) is 18.2 Å². The number of terminal acetylenes is 1. The number of nitrogens with one attached hydrogen (secondary N) is 2. The summed E-state index contributed by atoms with van der Waals surface area (Å²) in [7, 11) is 0. The van der Waals surface area contributed by atoms with E-state index in [2.05, 4.69) is 16.6 Å². The van der Waals surface area contributed by atoms with Crippen LogP contribution in [0.15, 0.2) is 58.1 Å². The van der Waals surface area contributed by atoms with Crippen LogP contribution in [0.2, 0.25) is 0 Å². The molecule has 1 amide bonds. The van der Waals surface area contributed by atoms with Gasteiger partial charge in [0.25, 0.3) is 5.91 Å². The zero-order valence-electron chi connectivity index (χ0n) is 20.3. The second kappa shape index (κ2) is 12.4. The molecule has 0 radical (unpaired) electrons. The Morgan fingerprint density at radius 2 is 2.08 bits per heavy atom. The maximum atomic E-state index is 14.7. The van der Waals surface area contributed by atoms with Crippen LogP contribution in [0.4, 0.5) is 4.39 Å². The van der Waals surface area contributed by atoms with E-state index in [4.69, 9.17) is 43.8 Å². The number of carbonyl (C=O) groups excluding carboxylic acids is 1. The highest BCUT2D eigenvalue weighted by molar-refractivity contribution is 6.35. The summed E-state index contributed by atoms with van der Waals surface area (Å²) in [5.41, 5.74) is 1.29. The van der Waals surface area contributed by atoms with Crippen LogP contribution in [0, 0.1) is 24.1 Å². The molecule has 0 bridgehead atoms. The van der Waals surface area contributed by atoms with Gasteiger partial charge in [-0.25, -0.2) is 4.39 Å². The van der Waals surface area contributed by atoms with Gasteiger partial charge >= 0.3 is 0 Å². The Morgan fingerprint density at radius 3 is 2.86 bits per heavy atom. The molecular weight excluding hydrogens is 518 g/mol. The van der Waals surface area contributed by atoms with Gasteiger partial charge in [0.2, 0.25) is 6.79 Å². The van der Waals surface area contributed by atoms with Gasteiger partial charge in [0.1, 0.15) is 11.6 Å². The van der Waals surface area contributed by atoms with E-state index in [1.165, 1.54) is 12.1 Å². The highest BCUT2D eigenvalue weighted by atomic mass is 35.5.